The molecule has 3 N–H and O–H groups in total. The second-order valence-electron chi connectivity index (χ2n) is 5.80. The van der Waals surface area contributed by atoms with E-state index in [1.807, 2.05) is 32.0 Å². The van der Waals surface area contributed by atoms with Gasteiger partial charge in [-0.25, -0.2) is 0 Å². The maximum Gasteiger partial charge on any atom is 0.313 e. The summed E-state index contributed by atoms with van der Waals surface area (Å²) in [6.07, 6.45) is 1.02. The second kappa shape index (κ2) is 6.60. The lowest BCUT2D eigenvalue weighted by Gasteiger charge is -2.29. The smallest absolute Gasteiger partial charge is 0.313 e. The van der Waals surface area contributed by atoms with Crippen LogP contribution in [0.25, 0.3) is 0 Å². The van der Waals surface area contributed by atoms with Gasteiger partial charge in [0.05, 0.1) is 0 Å². The van der Waals surface area contributed by atoms with E-state index >= 15 is 0 Å². The third kappa shape index (κ3) is 3.84. The van der Waals surface area contributed by atoms with Crippen LogP contribution in [0.15, 0.2) is 18.2 Å². The fourth-order valence-electron chi connectivity index (χ4n) is 2.74. The van der Waals surface area contributed by atoms with Crippen molar-refractivity contribution < 1.29 is 14.4 Å². The molecule has 0 saturated carbocycles. The van der Waals surface area contributed by atoms with E-state index in [9.17, 15) is 14.4 Å². The molecule has 3 amide bonds. The number of nitrogens with zero attached hydrogens (tertiary/aromatic N) is 1. The number of hydrogen-bond donors (Lipinski definition) is 2. The van der Waals surface area contributed by atoms with E-state index in [0.717, 1.165) is 11.1 Å². The second-order valence-corrected chi connectivity index (χ2v) is 5.80. The highest BCUT2D eigenvalue weighted by molar-refractivity contribution is 6.39. The molecule has 0 aliphatic carbocycles. The van der Waals surface area contributed by atoms with Gasteiger partial charge < -0.3 is 16.0 Å². The van der Waals surface area contributed by atoms with E-state index in [1.165, 1.54) is 4.90 Å². The van der Waals surface area contributed by atoms with E-state index in [2.05, 4.69) is 5.32 Å². The molecule has 6 heteroatoms. The van der Waals surface area contributed by atoms with Crippen molar-refractivity contribution in [3.63, 3.8) is 0 Å². The molecule has 0 radical (unpaired) electrons. The SMILES string of the molecule is Cc1cc(C)cc(NC(=O)C(=O)N2CCC(C(N)=O)CC2)c1. The molecular formula is C16H21N3O3. The van der Waals surface area contributed by atoms with Crippen molar-refractivity contribution in [3.05, 3.63) is 29.3 Å². The Balaban J connectivity index is 1.95. The zero-order chi connectivity index (χ0) is 16.3. The molecule has 1 aliphatic rings. The molecule has 0 unspecified atom stereocenters. The molecule has 2 rings (SSSR count). The Morgan fingerprint density at radius 2 is 1.64 bits per heavy atom. The number of hydrogen-bond acceptors (Lipinski definition) is 3. The first-order valence-corrected chi connectivity index (χ1v) is 7.34. The number of amides is 3. The molecule has 1 aromatic carbocycles. The Morgan fingerprint density at radius 3 is 2.14 bits per heavy atom. The number of likely N-dealkylation sites (tertiary alicyclic amines) is 1. The van der Waals surface area contributed by atoms with Crippen molar-refractivity contribution >= 4 is 23.4 Å². The Morgan fingerprint density at radius 1 is 1.09 bits per heavy atom. The van der Waals surface area contributed by atoms with Crippen LogP contribution in [-0.4, -0.2) is 35.7 Å². The molecule has 6 nitrogen and oxygen atoms in total. The summed E-state index contributed by atoms with van der Waals surface area (Å²) < 4.78 is 0. The van der Waals surface area contributed by atoms with Gasteiger partial charge in [0.25, 0.3) is 0 Å². The van der Waals surface area contributed by atoms with Crippen LogP contribution in [0.4, 0.5) is 5.69 Å². The quantitative estimate of drug-likeness (QED) is 0.797. The fraction of sp³-hybridized carbons (Fsp3) is 0.438. The molecule has 1 aromatic rings. The molecule has 1 saturated heterocycles. The molecular weight excluding hydrogens is 282 g/mol. The van der Waals surface area contributed by atoms with Gasteiger partial charge in [0.2, 0.25) is 5.91 Å². The fourth-order valence-corrected chi connectivity index (χ4v) is 2.74. The molecule has 1 heterocycles. The van der Waals surface area contributed by atoms with Crippen LogP contribution in [0.5, 0.6) is 0 Å². The number of nitrogens with two attached hydrogens (primary N) is 1. The van der Waals surface area contributed by atoms with Gasteiger partial charge in [-0.2, -0.15) is 0 Å². The largest absolute Gasteiger partial charge is 0.369 e. The predicted octanol–water partition coefficient (Wildman–Crippen LogP) is 0.966. The third-order valence-corrected chi connectivity index (χ3v) is 3.86. The van der Waals surface area contributed by atoms with Crippen molar-refractivity contribution in [1.29, 1.82) is 0 Å². The minimum atomic E-state index is -0.650. The van der Waals surface area contributed by atoms with Gasteiger partial charge >= 0.3 is 11.8 Å². The van der Waals surface area contributed by atoms with E-state index in [-0.39, 0.29) is 11.8 Å². The minimum absolute atomic E-state index is 0.202. The van der Waals surface area contributed by atoms with Gasteiger partial charge in [-0.3, -0.25) is 14.4 Å². The third-order valence-electron chi connectivity index (χ3n) is 3.86. The van der Waals surface area contributed by atoms with Crippen molar-refractivity contribution in [1.82, 2.24) is 4.90 Å². The highest BCUT2D eigenvalue weighted by Gasteiger charge is 2.29. The number of primary amides is 1. The number of anilines is 1. The van der Waals surface area contributed by atoms with Crippen LogP contribution < -0.4 is 11.1 Å². The van der Waals surface area contributed by atoms with Crippen molar-refractivity contribution in [2.24, 2.45) is 11.7 Å². The number of carbonyl (C=O) groups excluding carboxylic acids is 3. The predicted molar refractivity (Wildman–Crippen MR) is 83.0 cm³/mol. The zero-order valence-corrected chi connectivity index (χ0v) is 12.9. The van der Waals surface area contributed by atoms with Crippen LogP contribution in [0.2, 0.25) is 0 Å². The van der Waals surface area contributed by atoms with Crippen molar-refractivity contribution in [3.8, 4) is 0 Å². The maximum absolute atomic E-state index is 12.1. The van der Waals surface area contributed by atoms with Gasteiger partial charge in [0.15, 0.2) is 0 Å². The average molecular weight is 303 g/mol. The van der Waals surface area contributed by atoms with Crippen LogP contribution >= 0.6 is 0 Å². The van der Waals surface area contributed by atoms with E-state index in [4.69, 9.17) is 5.73 Å². The summed E-state index contributed by atoms with van der Waals surface area (Å²) in [5.41, 5.74) is 7.91. The lowest BCUT2D eigenvalue weighted by atomic mass is 9.96. The Kier molecular flexibility index (Phi) is 4.80. The van der Waals surface area contributed by atoms with Gasteiger partial charge in [0.1, 0.15) is 0 Å². The lowest BCUT2D eigenvalue weighted by molar-refractivity contribution is -0.144. The Hall–Kier alpha value is -2.37. The number of nitrogens with one attached hydrogen (secondary N) is 1. The molecule has 0 atom stereocenters. The monoisotopic (exact) mass is 303 g/mol. The lowest BCUT2D eigenvalue weighted by Crippen LogP contribution is -2.46. The molecule has 118 valence electrons. The minimum Gasteiger partial charge on any atom is -0.369 e. The summed E-state index contributed by atoms with van der Waals surface area (Å²) >= 11 is 0. The van der Waals surface area contributed by atoms with Crippen molar-refractivity contribution in [2.45, 2.75) is 26.7 Å². The van der Waals surface area contributed by atoms with Gasteiger partial charge in [-0.05, 0) is 49.9 Å². The number of aryl methyl sites for hydroxylation is 2. The molecule has 0 spiro atoms. The summed E-state index contributed by atoms with van der Waals surface area (Å²) in [6.45, 7) is 4.62. The van der Waals surface area contributed by atoms with Crippen LogP contribution in [0, 0.1) is 19.8 Å². The molecule has 0 aromatic heterocycles. The molecule has 0 bridgehead atoms. The topological polar surface area (TPSA) is 92.5 Å². The number of piperidine rings is 1. The first-order chi connectivity index (χ1) is 10.4. The summed E-state index contributed by atoms with van der Waals surface area (Å²) in [7, 11) is 0. The van der Waals surface area contributed by atoms with E-state index in [1.54, 1.807) is 0 Å². The van der Waals surface area contributed by atoms with Crippen LogP contribution in [0.1, 0.15) is 24.0 Å². The number of carbonyl (C=O) groups is 3. The van der Waals surface area contributed by atoms with E-state index < -0.39 is 11.8 Å². The highest BCUT2D eigenvalue weighted by atomic mass is 16.2. The number of rotatable bonds is 2. The zero-order valence-electron chi connectivity index (χ0n) is 12.9. The average Bonchev–Trinajstić information content (AvgIpc) is 2.45. The standard InChI is InChI=1S/C16H21N3O3/c1-10-7-11(2)9-13(8-10)18-15(21)16(22)19-5-3-12(4-6-19)14(17)20/h7-9,12H,3-6H2,1-2H3,(H2,17,20)(H,18,21). The highest BCUT2D eigenvalue weighted by Crippen LogP contribution is 2.18. The van der Waals surface area contributed by atoms with E-state index in [0.29, 0.717) is 31.6 Å². The van der Waals surface area contributed by atoms with Gasteiger partial charge in [-0.1, -0.05) is 6.07 Å². The molecule has 22 heavy (non-hydrogen) atoms. The maximum atomic E-state index is 12.1. The van der Waals surface area contributed by atoms with Gasteiger partial charge in [0, 0.05) is 24.7 Å². The summed E-state index contributed by atoms with van der Waals surface area (Å²) in [4.78, 5) is 36.8. The Bertz CT molecular complexity index is 584. The van der Waals surface area contributed by atoms with Crippen LogP contribution in [0.3, 0.4) is 0 Å². The summed E-state index contributed by atoms with van der Waals surface area (Å²) in [5.74, 6) is -1.76. The summed E-state index contributed by atoms with van der Waals surface area (Å²) in [6, 6.07) is 5.63. The normalized spacial score (nSPS) is 15.5. The molecule has 1 aliphatic heterocycles. The first kappa shape index (κ1) is 16.0. The Labute approximate surface area is 129 Å². The first-order valence-electron chi connectivity index (χ1n) is 7.34. The summed E-state index contributed by atoms with van der Waals surface area (Å²) in [5, 5.41) is 2.63. The van der Waals surface area contributed by atoms with Gasteiger partial charge in [-0.15, -0.1) is 0 Å². The molecule has 1 fully saturated rings. The number of benzene rings is 1. The van der Waals surface area contributed by atoms with Crippen molar-refractivity contribution in [2.75, 3.05) is 18.4 Å². The van der Waals surface area contributed by atoms with Crippen LogP contribution in [-0.2, 0) is 14.4 Å².